The lowest BCUT2D eigenvalue weighted by molar-refractivity contribution is -0.161. The van der Waals surface area contributed by atoms with Crippen LogP contribution in [0.2, 0.25) is 0 Å². The molecular formula is C35H63O8P. The van der Waals surface area contributed by atoms with Crippen LogP contribution in [-0.4, -0.2) is 41.0 Å². The largest absolute Gasteiger partial charge is 0.469 e. The SMILES string of the molecule is CCCCC/C=C\C/C=C\C/C=C\CCCCCCC(=O)O[C@H](COC(=O)CCCCCCCCCCC)COP(=O)(O)O. The van der Waals surface area contributed by atoms with Gasteiger partial charge in [-0.3, -0.25) is 14.1 Å². The van der Waals surface area contributed by atoms with Crippen molar-refractivity contribution >= 4 is 19.8 Å². The zero-order chi connectivity index (χ0) is 32.6. The Morgan fingerprint density at radius 2 is 1.02 bits per heavy atom. The van der Waals surface area contributed by atoms with E-state index in [0.717, 1.165) is 57.8 Å². The molecule has 44 heavy (non-hydrogen) atoms. The molecule has 0 aliphatic heterocycles. The lowest BCUT2D eigenvalue weighted by atomic mass is 10.1. The Morgan fingerprint density at radius 3 is 1.57 bits per heavy atom. The molecule has 0 aromatic rings. The number of esters is 2. The molecular weight excluding hydrogens is 579 g/mol. The average Bonchev–Trinajstić information content (AvgIpc) is 2.98. The highest BCUT2D eigenvalue weighted by molar-refractivity contribution is 7.46. The minimum atomic E-state index is -4.75. The van der Waals surface area contributed by atoms with E-state index in [1.54, 1.807) is 0 Å². The quantitative estimate of drug-likeness (QED) is 0.0332. The molecule has 0 aromatic carbocycles. The molecule has 0 aliphatic rings. The maximum Gasteiger partial charge on any atom is 0.469 e. The fourth-order valence-electron chi connectivity index (χ4n) is 4.55. The topological polar surface area (TPSA) is 119 Å². The van der Waals surface area contributed by atoms with Gasteiger partial charge in [0.2, 0.25) is 0 Å². The number of carbonyl (C=O) groups is 2. The van der Waals surface area contributed by atoms with Crippen molar-refractivity contribution in [3.63, 3.8) is 0 Å². The van der Waals surface area contributed by atoms with Crippen molar-refractivity contribution in [2.24, 2.45) is 0 Å². The van der Waals surface area contributed by atoms with Crippen LogP contribution in [0.25, 0.3) is 0 Å². The fraction of sp³-hybridized carbons (Fsp3) is 0.771. The van der Waals surface area contributed by atoms with E-state index in [9.17, 15) is 14.2 Å². The number of hydrogen-bond acceptors (Lipinski definition) is 6. The number of carbonyl (C=O) groups excluding carboxylic acids is 2. The third kappa shape index (κ3) is 33.2. The van der Waals surface area contributed by atoms with Crippen molar-refractivity contribution in [3.8, 4) is 0 Å². The highest BCUT2D eigenvalue weighted by atomic mass is 31.2. The molecule has 0 aromatic heterocycles. The highest BCUT2D eigenvalue weighted by Gasteiger charge is 2.22. The van der Waals surface area contributed by atoms with Crippen LogP contribution in [0, 0.1) is 0 Å². The van der Waals surface area contributed by atoms with E-state index in [2.05, 4.69) is 54.8 Å². The number of allylic oxidation sites excluding steroid dienone is 6. The molecule has 0 radical (unpaired) electrons. The summed E-state index contributed by atoms with van der Waals surface area (Å²) in [5.74, 6) is -0.914. The number of hydrogen-bond donors (Lipinski definition) is 2. The third-order valence-corrected chi connectivity index (χ3v) is 7.65. The summed E-state index contributed by atoms with van der Waals surface area (Å²) in [4.78, 5) is 42.5. The Hall–Kier alpha value is -1.73. The van der Waals surface area contributed by atoms with Crippen molar-refractivity contribution in [1.82, 2.24) is 0 Å². The summed E-state index contributed by atoms with van der Waals surface area (Å²) in [5, 5.41) is 0. The van der Waals surface area contributed by atoms with Gasteiger partial charge in [-0.15, -0.1) is 0 Å². The van der Waals surface area contributed by atoms with E-state index in [1.165, 1.54) is 64.2 Å². The minimum absolute atomic E-state index is 0.187. The Bertz CT molecular complexity index is 818. The van der Waals surface area contributed by atoms with E-state index in [1.807, 2.05) is 0 Å². The first-order valence-corrected chi connectivity index (χ1v) is 18.8. The summed E-state index contributed by atoms with van der Waals surface area (Å²) >= 11 is 0. The van der Waals surface area contributed by atoms with Gasteiger partial charge in [0.15, 0.2) is 6.10 Å². The Morgan fingerprint density at radius 1 is 0.591 bits per heavy atom. The summed E-state index contributed by atoms with van der Waals surface area (Å²) in [6.45, 7) is 3.59. The highest BCUT2D eigenvalue weighted by Crippen LogP contribution is 2.35. The number of rotatable bonds is 31. The normalized spacial score (nSPS) is 12.9. The molecule has 0 spiro atoms. The maximum absolute atomic E-state index is 12.3. The van der Waals surface area contributed by atoms with Crippen LogP contribution < -0.4 is 0 Å². The zero-order valence-electron chi connectivity index (χ0n) is 27.8. The Labute approximate surface area is 268 Å². The van der Waals surface area contributed by atoms with Crippen LogP contribution in [0.5, 0.6) is 0 Å². The van der Waals surface area contributed by atoms with Gasteiger partial charge in [0.1, 0.15) is 6.61 Å². The molecule has 256 valence electrons. The second-order valence-corrected chi connectivity index (χ2v) is 12.7. The van der Waals surface area contributed by atoms with Gasteiger partial charge in [-0.1, -0.05) is 127 Å². The molecule has 9 heteroatoms. The van der Waals surface area contributed by atoms with Crippen LogP contribution in [0.4, 0.5) is 0 Å². The van der Waals surface area contributed by atoms with Crippen molar-refractivity contribution in [2.45, 2.75) is 161 Å². The zero-order valence-corrected chi connectivity index (χ0v) is 28.7. The first-order chi connectivity index (χ1) is 21.3. The molecule has 0 heterocycles. The minimum Gasteiger partial charge on any atom is -0.462 e. The summed E-state index contributed by atoms with van der Waals surface area (Å²) in [7, 11) is -4.75. The Kier molecular flexibility index (Phi) is 30.0. The number of phosphoric ester groups is 1. The van der Waals surface area contributed by atoms with Crippen molar-refractivity contribution in [1.29, 1.82) is 0 Å². The van der Waals surface area contributed by atoms with Gasteiger partial charge < -0.3 is 19.3 Å². The van der Waals surface area contributed by atoms with Crippen LogP contribution in [0.1, 0.15) is 155 Å². The first kappa shape index (κ1) is 42.3. The van der Waals surface area contributed by atoms with Gasteiger partial charge in [0, 0.05) is 12.8 Å². The predicted molar refractivity (Wildman–Crippen MR) is 179 cm³/mol. The molecule has 0 fully saturated rings. The number of phosphoric acid groups is 1. The van der Waals surface area contributed by atoms with Gasteiger partial charge >= 0.3 is 19.8 Å². The van der Waals surface area contributed by atoms with Crippen LogP contribution in [0.3, 0.4) is 0 Å². The lowest BCUT2D eigenvalue weighted by Gasteiger charge is -2.18. The molecule has 0 saturated heterocycles. The monoisotopic (exact) mass is 642 g/mol. The summed E-state index contributed by atoms with van der Waals surface area (Å²) in [6.07, 6.45) is 34.4. The van der Waals surface area contributed by atoms with Gasteiger partial charge in [0.25, 0.3) is 0 Å². The van der Waals surface area contributed by atoms with Gasteiger partial charge in [0.05, 0.1) is 6.61 Å². The van der Waals surface area contributed by atoms with E-state index >= 15 is 0 Å². The summed E-state index contributed by atoms with van der Waals surface area (Å²) < 4.78 is 26.2. The molecule has 0 rings (SSSR count). The summed E-state index contributed by atoms with van der Waals surface area (Å²) in [5.41, 5.74) is 0. The smallest absolute Gasteiger partial charge is 0.462 e. The lowest BCUT2D eigenvalue weighted by Crippen LogP contribution is -2.29. The second-order valence-electron chi connectivity index (χ2n) is 11.5. The average molecular weight is 643 g/mol. The molecule has 0 saturated carbocycles. The molecule has 8 nitrogen and oxygen atoms in total. The molecule has 1 atom stereocenters. The van der Waals surface area contributed by atoms with E-state index in [4.69, 9.17) is 19.3 Å². The number of unbranched alkanes of at least 4 members (excludes halogenated alkanes) is 15. The molecule has 0 bridgehead atoms. The molecule has 0 aliphatic carbocycles. The van der Waals surface area contributed by atoms with E-state index < -0.39 is 32.5 Å². The fourth-order valence-corrected chi connectivity index (χ4v) is 4.91. The van der Waals surface area contributed by atoms with Crippen molar-refractivity contribution < 1.29 is 37.9 Å². The maximum atomic E-state index is 12.3. The molecule has 0 unspecified atom stereocenters. The summed E-state index contributed by atoms with van der Waals surface area (Å²) in [6, 6.07) is 0. The van der Waals surface area contributed by atoms with E-state index in [0.29, 0.717) is 6.42 Å². The van der Waals surface area contributed by atoms with Crippen molar-refractivity contribution in [2.75, 3.05) is 13.2 Å². The molecule has 0 amide bonds. The number of ether oxygens (including phenoxy) is 2. The van der Waals surface area contributed by atoms with E-state index in [-0.39, 0.29) is 19.4 Å². The second kappa shape index (κ2) is 31.3. The van der Waals surface area contributed by atoms with Crippen LogP contribution >= 0.6 is 7.82 Å². The first-order valence-electron chi connectivity index (χ1n) is 17.3. The van der Waals surface area contributed by atoms with Crippen LogP contribution in [-0.2, 0) is 28.2 Å². The predicted octanol–water partition coefficient (Wildman–Crippen LogP) is 9.84. The van der Waals surface area contributed by atoms with Crippen LogP contribution in [0.15, 0.2) is 36.5 Å². The molecule has 2 N–H and O–H groups in total. The van der Waals surface area contributed by atoms with Crippen molar-refractivity contribution in [3.05, 3.63) is 36.5 Å². The van der Waals surface area contributed by atoms with Gasteiger partial charge in [-0.2, -0.15) is 0 Å². The standard InChI is InChI=1S/C35H63O8P/c1-3-5-7-9-11-13-14-15-16-17-18-19-20-22-24-26-28-30-35(37)43-33(32-42-44(38,39)40)31-41-34(36)29-27-25-23-21-12-10-8-6-4-2/h11,13,15-16,18-19,33H,3-10,12,14,17,20-32H2,1-2H3,(H2,38,39,40)/b13-11-,16-15-,19-18-/t33-/m1/s1. The third-order valence-electron chi connectivity index (χ3n) is 7.16. The Balaban J connectivity index is 4.05. The van der Waals surface area contributed by atoms with Gasteiger partial charge in [-0.05, 0) is 51.4 Å². The van der Waals surface area contributed by atoms with Gasteiger partial charge in [-0.25, -0.2) is 4.57 Å².